The van der Waals surface area contributed by atoms with Crippen LogP contribution in [0.2, 0.25) is 0 Å². The molecule has 0 atom stereocenters. The molecule has 238 valence electrons. The highest BCUT2D eigenvalue weighted by atomic mass is 32.1. The zero-order valence-electron chi connectivity index (χ0n) is 27.4. The second-order valence-corrected chi connectivity index (χ2v) is 14.0. The van der Waals surface area contributed by atoms with Crippen molar-refractivity contribution in [3.63, 3.8) is 0 Å². The Morgan fingerprint density at radius 1 is 0.451 bits per heavy atom. The molecule has 0 aliphatic rings. The molecule has 0 amide bonds. The molecule has 4 aromatic heterocycles. The van der Waals surface area contributed by atoms with Crippen molar-refractivity contribution in [2.24, 2.45) is 0 Å². The smallest absolute Gasteiger partial charge is 0.163 e. The molecule has 0 radical (unpaired) electrons. The minimum atomic E-state index is 0.717. The van der Waals surface area contributed by atoms with Crippen LogP contribution in [0.4, 0.5) is 0 Å². The van der Waals surface area contributed by atoms with Crippen molar-refractivity contribution in [2.45, 2.75) is 0 Å². The van der Waals surface area contributed by atoms with Gasteiger partial charge < -0.3 is 4.57 Å². The predicted octanol–water partition coefficient (Wildman–Crippen LogP) is 12.4. The third-order valence-electron chi connectivity index (χ3n) is 10.1. The lowest BCUT2D eigenvalue weighted by atomic mass is 10.1. The summed E-state index contributed by atoms with van der Waals surface area (Å²) < 4.78 is 7.22. The van der Waals surface area contributed by atoms with E-state index in [2.05, 4.69) is 179 Å². The van der Waals surface area contributed by atoms with E-state index in [1.807, 2.05) is 0 Å². The Labute approximate surface area is 297 Å². The molecule has 0 spiro atoms. The van der Waals surface area contributed by atoms with E-state index in [0.717, 1.165) is 39.4 Å². The molecule has 0 aliphatic heterocycles. The van der Waals surface area contributed by atoms with Crippen LogP contribution in [0.25, 0.3) is 97.9 Å². The minimum Gasteiger partial charge on any atom is -0.309 e. The predicted molar refractivity (Wildman–Crippen MR) is 214 cm³/mol. The van der Waals surface area contributed by atoms with Gasteiger partial charge in [-0.05, 0) is 42.5 Å². The Morgan fingerprint density at radius 3 is 1.94 bits per heavy atom. The Morgan fingerprint density at radius 2 is 1.12 bits per heavy atom. The van der Waals surface area contributed by atoms with Crippen LogP contribution in [-0.2, 0) is 0 Å². The van der Waals surface area contributed by atoms with Crippen molar-refractivity contribution < 1.29 is 0 Å². The maximum absolute atomic E-state index is 5.45. The molecule has 0 bridgehead atoms. The molecular weight excluding hydrogens is 641 g/mol. The molecule has 11 aromatic rings. The van der Waals surface area contributed by atoms with E-state index in [1.54, 1.807) is 11.3 Å². The number of rotatable bonds is 4. The summed E-state index contributed by atoms with van der Waals surface area (Å²) in [6.45, 7) is 0. The van der Waals surface area contributed by atoms with Gasteiger partial charge in [0, 0.05) is 64.6 Å². The van der Waals surface area contributed by atoms with Gasteiger partial charge in [0.25, 0.3) is 0 Å². The summed E-state index contributed by atoms with van der Waals surface area (Å²) in [5.74, 6) is 1.55. The zero-order chi connectivity index (χ0) is 33.5. The maximum atomic E-state index is 5.45. The lowest BCUT2D eigenvalue weighted by molar-refractivity contribution is 1.05. The fourth-order valence-electron chi connectivity index (χ4n) is 7.95. The van der Waals surface area contributed by atoms with Gasteiger partial charge in [0.15, 0.2) is 5.82 Å². The van der Waals surface area contributed by atoms with E-state index in [9.17, 15) is 0 Å². The van der Waals surface area contributed by atoms with Crippen molar-refractivity contribution in [2.75, 3.05) is 0 Å². The van der Waals surface area contributed by atoms with Crippen LogP contribution in [0, 0.1) is 0 Å². The minimum absolute atomic E-state index is 0.717. The van der Waals surface area contributed by atoms with Gasteiger partial charge in [-0.25, -0.2) is 9.97 Å². The summed E-state index contributed by atoms with van der Waals surface area (Å²) in [4.78, 5) is 10.7. The molecule has 4 nitrogen and oxygen atoms in total. The van der Waals surface area contributed by atoms with Crippen LogP contribution in [0.15, 0.2) is 170 Å². The summed E-state index contributed by atoms with van der Waals surface area (Å²) in [6, 6.07) is 60.5. The molecule has 0 N–H and O–H groups in total. The monoisotopic (exact) mass is 668 g/mol. The van der Waals surface area contributed by atoms with Gasteiger partial charge in [-0.1, -0.05) is 121 Å². The fraction of sp³-hybridized carbons (Fsp3) is 0. The van der Waals surface area contributed by atoms with Gasteiger partial charge >= 0.3 is 0 Å². The Kier molecular flexibility index (Phi) is 6.09. The molecule has 0 fully saturated rings. The molecule has 5 heteroatoms. The summed E-state index contributed by atoms with van der Waals surface area (Å²) in [5, 5.41) is 7.36. The Balaban J connectivity index is 1.26. The normalized spacial score (nSPS) is 11.9. The molecule has 4 heterocycles. The molecular formula is C46H28N4S. The number of fused-ring (bicyclic) bond motifs is 10. The third-order valence-corrected chi connectivity index (χ3v) is 11.4. The van der Waals surface area contributed by atoms with E-state index in [-0.39, 0.29) is 0 Å². The van der Waals surface area contributed by atoms with Gasteiger partial charge in [-0.2, -0.15) is 0 Å². The molecule has 0 aliphatic carbocycles. The van der Waals surface area contributed by atoms with Crippen LogP contribution < -0.4 is 0 Å². The van der Waals surface area contributed by atoms with Gasteiger partial charge in [0.05, 0.1) is 27.8 Å². The highest BCUT2D eigenvalue weighted by Gasteiger charge is 2.22. The molecule has 7 aromatic carbocycles. The van der Waals surface area contributed by atoms with Crippen LogP contribution in [0.1, 0.15) is 0 Å². The molecule has 11 rings (SSSR count). The number of nitrogens with zero attached hydrogens (tertiary/aromatic N) is 4. The summed E-state index contributed by atoms with van der Waals surface area (Å²) in [6.07, 6.45) is 0. The summed E-state index contributed by atoms with van der Waals surface area (Å²) in [5.41, 5.74) is 8.72. The van der Waals surface area contributed by atoms with E-state index >= 15 is 0 Å². The zero-order valence-corrected chi connectivity index (χ0v) is 28.2. The van der Waals surface area contributed by atoms with Crippen molar-refractivity contribution in [3.05, 3.63) is 170 Å². The Hall–Kier alpha value is -6.56. The number of hydrogen-bond donors (Lipinski definition) is 0. The van der Waals surface area contributed by atoms with Gasteiger partial charge in [-0.3, -0.25) is 4.57 Å². The van der Waals surface area contributed by atoms with E-state index in [4.69, 9.17) is 9.97 Å². The number of aromatic nitrogens is 4. The third kappa shape index (κ3) is 4.19. The lowest BCUT2D eigenvalue weighted by Gasteiger charge is -2.13. The number of hydrogen-bond acceptors (Lipinski definition) is 3. The Bertz CT molecular complexity index is 3130. The van der Waals surface area contributed by atoms with Crippen LogP contribution in [0.5, 0.6) is 0 Å². The SMILES string of the molecule is c1ccc(-c2cc(-n3c4ccccc4c4c3ccc3c5ccccc5n(-c5ccccc5)c34)nc(-c3cccc4c3sc3ccccc34)n2)cc1. The molecule has 0 saturated carbocycles. The van der Waals surface area contributed by atoms with Crippen LogP contribution in [-0.4, -0.2) is 19.1 Å². The number of para-hydroxylation sites is 3. The average molecular weight is 669 g/mol. The van der Waals surface area contributed by atoms with Gasteiger partial charge in [0.1, 0.15) is 5.82 Å². The van der Waals surface area contributed by atoms with E-state index in [0.29, 0.717) is 5.82 Å². The number of thiophene rings is 1. The van der Waals surface area contributed by atoms with Crippen molar-refractivity contribution in [3.8, 4) is 34.2 Å². The summed E-state index contributed by atoms with van der Waals surface area (Å²) >= 11 is 1.81. The molecule has 51 heavy (non-hydrogen) atoms. The highest BCUT2D eigenvalue weighted by molar-refractivity contribution is 7.26. The highest BCUT2D eigenvalue weighted by Crippen LogP contribution is 2.43. The average Bonchev–Trinajstić information content (AvgIpc) is 3.86. The van der Waals surface area contributed by atoms with E-state index in [1.165, 1.54) is 52.8 Å². The molecule has 0 saturated heterocycles. The second kappa shape index (κ2) is 11.0. The van der Waals surface area contributed by atoms with Crippen molar-refractivity contribution in [1.82, 2.24) is 19.1 Å². The fourth-order valence-corrected chi connectivity index (χ4v) is 9.16. The van der Waals surface area contributed by atoms with Crippen LogP contribution in [0.3, 0.4) is 0 Å². The first-order valence-corrected chi connectivity index (χ1v) is 18.0. The van der Waals surface area contributed by atoms with Gasteiger partial charge in [0.2, 0.25) is 0 Å². The first-order valence-electron chi connectivity index (χ1n) is 17.2. The maximum Gasteiger partial charge on any atom is 0.163 e. The van der Waals surface area contributed by atoms with Crippen molar-refractivity contribution in [1.29, 1.82) is 0 Å². The first-order chi connectivity index (χ1) is 25.3. The first kappa shape index (κ1) is 28.3. The van der Waals surface area contributed by atoms with Crippen LogP contribution >= 0.6 is 11.3 Å². The van der Waals surface area contributed by atoms with Gasteiger partial charge in [-0.15, -0.1) is 11.3 Å². The lowest BCUT2D eigenvalue weighted by Crippen LogP contribution is -2.02. The largest absolute Gasteiger partial charge is 0.309 e. The van der Waals surface area contributed by atoms with Crippen molar-refractivity contribution >= 4 is 75.1 Å². The standard InChI is InChI=1S/C46H28N4S/c1-3-14-29(15-4-1)37-28-42(48-46(47-37)36-22-13-21-34-32-19-9-12-25-41(32)51-45(34)36)50-39-24-11-8-20-35(39)43-40(50)27-26-33-31-18-7-10-23-38(31)49(44(33)43)30-16-5-2-6-17-30/h1-28H. The molecule has 0 unspecified atom stereocenters. The summed E-state index contributed by atoms with van der Waals surface area (Å²) in [7, 11) is 0. The quantitative estimate of drug-likeness (QED) is 0.187. The number of benzene rings is 7. The second-order valence-electron chi connectivity index (χ2n) is 13.0. The van der Waals surface area contributed by atoms with E-state index < -0.39 is 0 Å². The topological polar surface area (TPSA) is 35.6 Å².